The molecule has 0 radical (unpaired) electrons. The summed E-state index contributed by atoms with van der Waals surface area (Å²) in [6.07, 6.45) is 0. The molecule has 1 aromatic heterocycles. The first-order valence-corrected chi connectivity index (χ1v) is 7.64. The first-order valence-electron chi connectivity index (χ1n) is 6.03. The van der Waals surface area contributed by atoms with Crippen molar-refractivity contribution in [3.63, 3.8) is 0 Å². The lowest BCUT2D eigenvalue weighted by Crippen LogP contribution is -2.08. The molecule has 0 spiro atoms. The molecule has 106 valence electrons. The van der Waals surface area contributed by atoms with Gasteiger partial charge in [0, 0.05) is 15.4 Å². The summed E-state index contributed by atoms with van der Waals surface area (Å²) >= 11 is 4.86. The summed E-state index contributed by atoms with van der Waals surface area (Å²) in [6, 6.07) is 4.97. The lowest BCUT2D eigenvalue weighted by molar-refractivity contribution is -0.384. The minimum Gasteiger partial charge on any atom is -0.372 e. The Kier molecular flexibility index (Phi) is 4.39. The molecule has 0 saturated heterocycles. The molecule has 20 heavy (non-hydrogen) atoms. The molecule has 5 nitrogen and oxygen atoms in total. The summed E-state index contributed by atoms with van der Waals surface area (Å²) in [5, 5.41) is 15.3. The van der Waals surface area contributed by atoms with E-state index in [2.05, 4.69) is 26.2 Å². The smallest absolute Gasteiger partial charge is 0.293 e. The Hall–Kier alpha value is -1.47. The Bertz CT molecular complexity index is 657. The maximum Gasteiger partial charge on any atom is 0.293 e. The number of aromatic nitrogens is 1. The van der Waals surface area contributed by atoms with Crippen LogP contribution in [0.2, 0.25) is 0 Å². The normalized spacial score (nSPS) is 12.2. The van der Waals surface area contributed by atoms with Crippen LogP contribution >= 0.6 is 27.3 Å². The molecule has 1 unspecified atom stereocenters. The quantitative estimate of drug-likeness (QED) is 0.642. The van der Waals surface area contributed by atoms with E-state index in [0.717, 1.165) is 15.6 Å². The first kappa shape index (κ1) is 14.9. The highest BCUT2D eigenvalue weighted by molar-refractivity contribution is 9.10. The monoisotopic (exact) mass is 355 g/mol. The van der Waals surface area contributed by atoms with Gasteiger partial charge in [0.1, 0.15) is 5.69 Å². The van der Waals surface area contributed by atoms with Gasteiger partial charge in [0.15, 0.2) is 0 Å². The number of aryl methyl sites for hydroxylation is 2. The maximum atomic E-state index is 11.1. The van der Waals surface area contributed by atoms with Crippen molar-refractivity contribution in [2.45, 2.75) is 26.8 Å². The van der Waals surface area contributed by atoms with E-state index >= 15 is 0 Å². The molecule has 0 aliphatic rings. The van der Waals surface area contributed by atoms with Crippen LogP contribution in [0.3, 0.4) is 0 Å². The van der Waals surface area contributed by atoms with Gasteiger partial charge >= 0.3 is 0 Å². The number of halogens is 1. The van der Waals surface area contributed by atoms with Crippen LogP contribution in [0.4, 0.5) is 11.4 Å². The fraction of sp³-hybridized carbons (Fsp3) is 0.308. The second-order valence-corrected chi connectivity index (χ2v) is 6.62. The van der Waals surface area contributed by atoms with E-state index in [1.165, 1.54) is 6.07 Å². The molecule has 2 rings (SSSR count). The average molecular weight is 356 g/mol. The van der Waals surface area contributed by atoms with E-state index in [1.807, 2.05) is 20.8 Å². The van der Waals surface area contributed by atoms with E-state index in [1.54, 1.807) is 23.5 Å². The summed E-state index contributed by atoms with van der Waals surface area (Å²) in [6.45, 7) is 5.88. The number of hydrogen-bond acceptors (Lipinski definition) is 5. The summed E-state index contributed by atoms with van der Waals surface area (Å²) in [5.74, 6) is 0. The molecule has 0 aliphatic carbocycles. The molecule has 7 heteroatoms. The Morgan fingerprint density at radius 3 is 2.70 bits per heavy atom. The van der Waals surface area contributed by atoms with Gasteiger partial charge in [0.05, 0.1) is 21.7 Å². The maximum absolute atomic E-state index is 11.1. The minimum atomic E-state index is -0.384. The lowest BCUT2D eigenvalue weighted by Gasteiger charge is -2.14. The van der Waals surface area contributed by atoms with Crippen LogP contribution in [0.25, 0.3) is 0 Å². The van der Waals surface area contributed by atoms with Crippen LogP contribution in [0.15, 0.2) is 22.7 Å². The Balaban J connectivity index is 2.30. The molecule has 0 fully saturated rings. The molecule has 0 saturated carbocycles. The Morgan fingerprint density at radius 1 is 1.45 bits per heavy atom. The highest BCUT2D eigenvalue weighted by Gasteiger charge is 2.19. The van der Waals surface area contributed by atoms with Crippen LogP contribution in [0.1, 0.15) is 28.5 Å². The lowest BCUT2D eigenvalue weighted by atomic mass is 10.2. The summed E-state index contributed by atoms with van der Waals surface area (Å²) in [7, 11) is 0. The van der Waals surface area contributed by atoms with Crippen molar-refractivity contribution in [2.75, 3.05) is 5.32 Å². The molecule has 2 aromatic rings. The second kappa shape index (κ2) is 5.88. The largest absolute Gasteiger partial charge is 0.372 e. The Morgan fingerprint density at radius 2 is 2.15 bits per heavy atom. The topological polar surface area (TPSA) is 68.1 Å². The molecule has 1 N–H and O–H groups in total. The third-order valence-corrected chi connectivity index (χ3v) is 4.61. The van der Waals surface area contributed by atoms with E-state index in [4.69, 9.17) is 0 Å². The van der Waals surface area contributed by atoms with Crippen LogP contribution in [0, 0.1) is 24.0 Å². The number of rotatable bonds is 4. The third-order valence-electron chi connectivity index (χ3n) is 2.86. The van der Waals surface area contributed by atoms with Crippen molar-refractivity contribution in [2.24, 2.45) is 0 Å². The highest BCUT2D eigenvalue weighted by atomic mass is 79.9. The second-order valence-electron chi connectivity index (χ2n) is 4.47. The van der Waals surface area contributed by atoms with Crippen molar-refractivity contribution in [3.05, 3.63) is 48.4 Å². The van der Waals surface area contributed by atoms with Crippen molar-refractivity contribution in [3.8, 4) is 0 Å². The van der Waals surface area contributed by atoms with Gasteiger partial charge in [-0.1, -0.05) is 15.9 Å². The van der Waals surface area contributed by atoms with Crippen molar-refractivity contribution in [1.82, 2.24) is 4.98 Å². The van der Waals surface area contributed by atoms with Gasteiger partial charge in [-0.05, 0) is 32.9 Å². The number of anilines is 1. The van der Waals surface area contributed by atoms with E-state index in [0.29, 0.717) is 10.2 Å². The summed E-state index contributed by atoms with van der Waals surface area (Å²) in [4.78, 5) is 16.2. The van der Waals surface area contributed by atoms with Gasteiger partial charge in [-0.15, -0.1) is 11.3 Å². The zero-order chi connectivity index (χ0) is 14.9. The van der Waals surface area contributed by atoms with Crippen molar-refractivity contribution in [1.29, 1.82) is 0 Å². The zero-order valence-corrected chi connectivity index (χ0v) is 13.7. The van der Waals surface area contributed by atoms with E-state index in [-0.39, 0.29) is 16.7 Å². The predicted octanol–water partition coefficient (Wildman–Crippen LogP) is 4.60. The molecule has 0 aliphatic heterocycles. The van der Waals surface area contributed by atoms with Gasteiger partial charge in [-0.25, -0.2) is 4.98 Å². The fourth-order valence-electron chi connectivity index (χ4n) is 2.03. The van der Waals surface area contributed by atoms with Gasteiger partial charge < -0.3 is 5.32 Å². The van der Waals surface area contributed by atoms with Gasteiger partial charge in [0.2, 0.25) is 0 Å². The average Bonchev–Trinajstić information content (AvgIpc) is 2.70. The first-order chi connectivity index (χ1) is 9.38. The third kappa shape index (κ3) is 3.16. The van der Waals surface area contributed by atoms with Crippen LogP contribution in [0.5, 0.6) is 0 Å². The summed E-state index contributed by atoms with van der Waals surface area (Å²) < 4.78 is 0.687. The molecule has 0 bridgehead atoms. The number of thiazole rings is 1. The van der Waals surface area contributed by atoms with Gasteiger partial charge in [-0.2, -0.15) is 0 Å². The minimum absolute atomic E-state index is 0.0268. The van der Waals surface area contributed by atoms with E-state index in [9.17, 15) is 10.1 Å². The highest BCUT2D eigenvalue weighted by Crippen LogP contribution is 2.33. The summed E-state index contributed by atoms with van der Waals surface area (Å²) in [5.41, 5.74) is 1.54. The molecular weight excluding hydrogens is 342 g/mol. The molecule has 1 heterocycles. The number of nitrogens with zero attached hydrogens (tertiary/aromatic N) is 2. The number of nitro groups is 1. The SMILES string of the molecule is Cc1nc(C)c(C(C)Nc2ccc(Br)cc2[N+](=O)[O-])s1. The van der Waals surface area contributed by atoms with Crippen LogP contribution in [-0.4, -0.2) is 9.91 Å². The number of benzene rings is 1. The van der Waals surface area contributed by atoms with Crippen LogP contribution < -0.4 is 5.32 Å². The van der Waals surface area contributed by atoms with Gasteiger partial charge in [0.25, 0.3) is 5.69 Å². The molecule has 0 amide bonds. The van der Waals surface area contributed by atoms with Crippen LogP contribution in [-0.2, 0) is 0 Å². The standard InChI is InChI=1S/C13H14BrN3O2S/c1-7-13(20-9(3)15-7)8(2)16-11-5-4-10(14)6-12(11)17(18)19/h4-6,8,16H,1-3H3. The molecule has 1 atom stereocenters. The Labute approximate surface area is 129 Å². The molecular formula is C13H14BrN3O2S. The van der Waals surface area contributed by atoms with Crippen molar-refractivity contribution >= 4 is 38.6 Å². The molecule has 1 aromatic carbocycles. The van der Waals surface area contributed by atoms with Gasteiger partial charge in [-0.3, -0.25) is 10.1 Å². The zero-order valence-electron chi connectivity index (χ0n) is 11.3. The predicted molar refractivity (Wildman–Crippen MR) is 84.4 cm³/mol. The fourth-order valence-corrected chi connectivity index (χ4v) is 3.30. The van der Waals surface area contributed by atoms with Crippen molar-refractivity contribution < 1.29 is 4.92 Å². The van der Waals surface area contributed by atoms with E-state index < -0.39 is 0 Å². The number of hydrogen-bond donors (Lipinski definition) is 1. The number of nitrogens with one attached hydrogen (secondary N) is 1. The number of nitro benzene ring substituents is 1.